The Morgan fingerprint density at radius 3 is 2.07 bits per heavy atom. The number of benzene rings is 8. The van der Waals surface area contributed by atoms with Gasteiger partial charge in [-0.3, -0.25) is 0 Å². The van der Waals surface area contributed by atoms with Gasteiger partial charge < -0.3 is 10.1 Å². The summed E-state index contributed by atoms with van der Waals surface area (Å²) in [5, 5.41) is 9.45. The van der Waals surface area contributed by atoms with Crippen molar-refractivity contribution >= 4 is 104 Å². The molecule has 0 atom stereocenters. The van der Waals surface area contributed by atoms with Crippen LogP contribution in [0, 0.1) is 0 Å². The van der Waals surface area contributed by atoms with E-state index in [9.17, 15) is 0 Å². The van der Waals surface area contributed by atoms with Crippen molar-refractivity contribution in [2.75, 3.05) is 10.1 Å². The van der Waals surface area contributed by atoms with Crippen molar-refractivity contribution in [3.8, 4) is 22.3 Å². The third-order valence-electron chi connectivity index (χ3n) is 12.3. The highest BCUT2D eigenvalue weighted by Crippen LogP contribution is 2.52. The molecule has 0 saturated carbocycles. The third-order valence-corrected chi connectivity index (χ3v) is 14.7. The molecule has 0 bridgehead atoms. The molecule has 2 aliphatic rings. The van der Waals surface area contributed by atoms with E-state index in [-0.39, 0.29) is 12.3 Å². The summed E-state index contributed by atoms with van der Waals surface area (Å²) in [6.07, 6.45) is 0. The molecule has 2 aromatic heterocycles. The lowest BCUT2D eigenvalue weighted by molar-refractivity contribution is 0.643. The van der Waals surface area contributed by atoms with Crippen LogP contribution >= 0.6 is 22.7 Å². The Bertz CT molecular complexity index is 3220. The number of fused-ring (bicyclic) bond motifs is 11. The molecular formula is C51H35BN2S2. The molecule has 0 aliphatic carbocycles. The van der Waals surface area contributed by atoms with Crippen LogP contribution < -0.4 is 21.1 Å². The van der Waals surface area contributed by atoms with Gasteiger partial charge in [-0.25, -0.2) is 0 Å². The van der Waals surface area contributed by atoms with Crippen LogP contribution in [0.2, 0.25) is 0 Å². The molecule has 0 fully saturated rings. The lowest BCUT2D eigenvalue weighted by Gasteiger charge is -2.44. The number of hydrogen-bond donors (Lipinski definition) is 1. The van der Waals surface area contributed by atoms with Crippen molar-refractivity contribution in [3.05, 3.63) is 181 Å². The molecule has 10 aromatic rings. The number of anilines is 4. The first-order valence-electron chi connectivity index (χ1n) is 19.4. The lowest BCUT2D eigenvalue weighted by atomic mass is 9.43. The predicted octanol–water partition coefficient (Wildman–Crippen LogP) is 13.4. The second-order valence-corrected chi connectivity index (χ2v) is 17.8. The van der Waals surface area contributed by atoms with Crippen LogP contribution in [0.1, 0.15) is 25.0 Å². The van der Waals surface area contributed by atoms with Gasteiger partial charge in [-0.05, 0) is 69.1 Å². The Morgan fingerprint density at radius 1 is 0.554 bits per heavy atom. The SMILES string of the molecule is CC(C)(c1ccccc1)c1cccc2c1Nc1cc3sc4ccccc4c3c3c1B2N(c1cccc2c1sc1ccccc12)c1cc(-c2ccccc2)ccc1-3. The van der Waals surface area contributed by atoms with Crippen molar-refractivity contribution in [2.45, 2.75) is 19.3 Å². The summed E-state index contributed by atoms with van der Waals surface area (Å²) in [4.78, 5) is 2.70. The zero-order chi connectivity index (χ0) is 37.1. The fourth-order valence-corrected chi connectivity index (χ4v) is 12.0. The molecule has 264 valence electrons. The lowest BCUT2D eigenvalue weighted by Crippen LogP contribution is -2.60. The Balaban J connectivity index is 1.23. The van der Waals surface area contributed by atoms with Crippen LogP contribution in [0.5, 0.6) is 0 Å². The van der Waals surface area contributed by atoms with E-state index in [1.165, 1.54) is 107 Å². The van der Waals surface area contributed by atoms with Gasteiger partial charge >= 0.3 is 6.85 Å². The van der Waals surface area contributed by atoms with E-state index in [4.69, 9.17) is 0 Å². The quantitative estimate of drug-likeness (QED) is 0.180. The molecule has 0 unspecified atom stereocenters. The predicted molar refractivity (Wildman–Crippen MR) is 245 cm³/mol. The molecule has 0 radical (unpaired) electrons. The van der Waals surface area contributed by atoms with Gasteiger partial charge in [0.1, 0.15) is 0 Å². The van der Waals surface area contributed by atoms with Gasteiger partial charge in [-0.15, -0.1) is 22.7 Å². The minimum atomic E-state index is -0.245. The normalized spacial score (nSPS) is 13.2. The van der Waals surface area contributed by atoms with Crippen molar-refractivity contribution in [1.82, 2.24) is 0 Å². The van der Waals surface area contributed by atoms with Crippen molar-refractivity contribution in [1.29, 1.82) is 0 Å². The number of thiophene rings is 2. The fraction of sp³-hybridized carbons (Fsp3) is 0.0588. The zero-order valence-corrected chi connectivity index (χ0v) is 32.6. The highest BCUT2D eigenvalue weighted by Gasteiger charge is 2.45. The number of nitrogens with one attached hydrogen (secondary N) is 1. The van der Waals surface area contributed by atoms with E-state index in [1.54, 1.807) is 0 Å². The number of hydrogen-bond acceptors (Lipinski definition) is 4. The molecule has 0 amide bonds. The van der Waals surface area contributed by atoms with E-state index < -0.39 is 0 Å². The van der Waals surface area contributed by atoms with E-state index >= 15 is 0 Å². The second-order valence-electron chi connectivity index (χ2n) is 15.7. The highest BCUT2D eigenvalue weighted by atomic mass is 32.1. The van der Waals surface area contributed by atoms with Gasteiger partial charge in [0.2, 0.25) is 0 Å². The summed E-state index contributed by atoms with van der Waals surface area (Å²) in [5.41, 5.74) is 15.0. The van der Waals surface area contributed by atoms with Crippen molar-refractivity contribution in [2.24, 2.45) is 0 Å². The topological polar surface area (TPSA) is 15.3 Å². The van der Waals surface area contributed by atoms with Crippen LogP contribution in [-0.4, -0.2) is 6.85 Å². The maximum absolute atomic E-state index is 4.14. The molecule has 2 nitrogen and oxygen atoms in total. The monoisotopic (exact) mass is 750 g/mol. The summed E-state index contributed by atoms with van der Waals surface area (Å²) in [6.45, 7) is 4.65. The maximum Gasteiger partial charge on any atom is 0.333 e. The molecule has 12 rings (SSSR count). The molecule has 1 N–H and O–H groups in total. The first-order valence-corrected chi connectivity index (χ1v) is 21.0. The molecule has 56 heavy (non-hydrogen) atoms. The Kier molecular flexibility index (Phi) is 6.85. The van der Waals surface area contributed by atoms with Crippen LogP contribution in [-0.2, 0) is 5.41 Å². The minimum absolute atomic E-state index is 0.0832. The minimum Gasteiger partial charge on any atom is -0.375 e. The van der Waals surface area contributed by atoms with Gasteiger partial charge in [0.05, 0.1) is 4.70 Å². The third kappa shape index (κ3) is 4.50. The van der Waals surface area contributed by atoms with Crippen molar-refractivity contribution < 1.29 is 0 Å². The largest absolute Gasteiger partial charge is 0.375 e. The second kappa shape index (κ2) is 11.9. The van der Waals surface area contributed by atoms with Crippen LogP contribution in [0.15, 0.2) is 170 Å². The van der Waals surface area contributed by atoms with Gasteiger partial charge in [0, 0.05) is 69.4 Å². The average molecular weight is 751 g/mol. The summed E-state index contributed by atoms with van der Waals surface area (Å²) < 4.78 is 5.27. The van der Waals surface area contributed by atoms with Gasteiger partial charge in [0.15, 0.2) is 0 Å². The van der Waals surface area contributed by atoms with Crippen molar-refractivity contribution in [3.63, 3.8) is 0 Å². The summed E-state index contributed by atoms with van der Waals surface area (Å²) in [7, 11) is 0. The molecule has 2 aliphatic heterocycles. The Hall–Kier alpha value is -6.14. The Morgan fingerprint density at radius 2 is 1.25 bits per heavy atom. The van der Waals surface area contributed by atoms with Gasteiger partial charge in [0.25, 0.3) is 0 Å². The standard InChI is InChI=1S/C51H35BN2S2/c1-51(2,33-17-7-4-8-18-33)38-22-14-23-39-49(38)53-40-30-45-46(37-20-10-12-26-44(37)55-45)47-36-28-27-32(31-15-5-3-6-16-31)29-42(36)54(52(39)48(40)47)41-24-13-21-35-34-19-9-11-25-43(34)56-50(35)41/h3-30,53H,1-2H3. The average Bonchev–Trinajstić information content (AvgIpc) is 3.82. The number of para-hydroxylation sites is 1. The van der Waals surface area contributed by atoms with Crippen LogP contribution in [0.25, 0.3) is 62.6 Å². The molecule has 8 aromatic carbocycles. The maximum atomic E-state index is 4.14. The smallest absolute Gasteiger partial charge is 0.333 e. The van der Waals surface area contributed by atoms with E-state index in [0.29, 0.717) is 0 Å². The number of rotatable bonds is 4. The van der Waals surface area contributed by atoms with Gasteiger partial charge in [-0.2, -0.15) is 0 Å². The summed E-state index contributed by atoms with van der Waals surface area (Å²) in [5.74, 6) is 0. The zero-order valence-electron chi connectivity index (χ0n) is 31.0. The van der Waals surface area contributed by atoms with E-state index in [2.05, 4.69) is 194 Å². The summed E-state index contributed by atoms with van der Waals surface area (Å²) >= 11 is 3.81. The van der Waals surface area contributed by atoms with E-state index in [1.807, 2.05) is 22.7 Å². The number of nitrogens with zero attached hydrogens (tertiary/aromatic N) is 1. The van der Waals surface area contributed by atoms with Gasteiger partial charge in [-0.1, -0.05) is 153 Å². The van der Waals surface area contributed by atoms with E-state index in [0.717, 1.165) is 0 Å². The molecule has 4 heterocycles. The van der Waals surface area contributed by atoms with Crippen LogP contribution in [0.3, 0.4) is 0 Å². The molecule has 5 heteroatoms. The highest BCUT2D eigenvalue weighted by molar-refractivity contribution is 7.27. The van der Waals surface area contributed by atoms with Crippen LogP contribution in [0.4, 0.5) is 22.7 Å². The first-order chi connectivity index (χ1) is 27.5. The first kappa shape index (κ1) is 32.1. The Labute approximate surface area is 334 Å². The molecule has 0 spiro atoms. The molecular weight excluding hydrogens is 716 g/mol. The molecule has 0 saturated heterocycles. The summed E-state index contributed by atoms with van der Waals surface area (Å²) in [6, 6.07) is 63.3. The fourth-order valence-electron chi connectivity index (χ4n) is 9.68.